The molecule has 0 aliphatic carbocycles. The Hall–Kier alpha value is -1.88. The zero-order chi connectivity index (χ0) is 14.8. The molecule has 0 atom stereocenters. The van der Waals surface area contributed by atoms with Gasteiger partial charge < -0.3 is 0 Å². The molecule has 1 N–H and O–H groups in total. The first-order valence-corrected chi connectivity index (χ1v) is 7.76. The van der Waals surface area contributed by atoms with Gasteiger partial charge in [0.25, 0.3) is 10.0 Å². The smallest absolute Gasteiger partial charge is 0.261 e. The molecule has 0 saturated carbocycles. The van der Waals surface area contributed by atoms with E-state index < -0.39 is 15.8 Å². The van der Waals surface area contributed by atoms with Gasteiger partial charge in [0.15, 0.2) is 0 Å². The number of hydrogen-bond acceptors (Lipinski definition) is 2. The zero-order valence-electron chi connectivity index (χ0n) is 11.3. The van der Waals surface area contributed by atoms with Crippen LogP contribution in [0.2, 0.25) is 0 Å². The van der Waals surface area contributed by atoms with Crippen molar-refractivity contribution in [1.82, 2.24) is 0 Å². The Morgan fingerprint density at radius 1 is 1.00 bits per heavy atom. The summed E-state index contributed by atoms with van der Waals surface area (Å²) in [4.78, 5) is 0.0393. The van der Waals surface area contributed by atoms with Gasteiger partial charge in [-0.05, 0) is 41.8 Å². The van der Waals surface area contributed by atoms with Crippen LogP contribution in [0.5, 0.6) is 0 Å². The van der Waals surface area contributed by atoms with E-state index in [-0.39, 0.29) is 10.8 Å². The van der Waals surface area contributed by atoms with Crippen LogP contribution in [0.3, 0.4) is 0 Å². The van der Waals surface area contributed by atoms with Crippen LogP contribution in [-0.4, -0.2) is 8.42 Å². The number of nitrogens with one attached hydrogen (secondary N) is 1. The Balaban J connectivity index is 2.36. The average molecular weight is 293 g/mol. The molecule has 0 aliphatic heterocycles. The predicted molar refractivity (Wildman–Crippen MR) is 77.7 cm³/mol. The maximum atomic E-state index is 12.9. The fourth-order valence-corrected chi connectivity index (χ4v) is 3.00. The molecule has 0 spiro atoms. The van der Waals surface area contributed by atoms with Gasteiger partial charge in [-0.1, -0.05) is 32.0 Å². The van der Waals surface area contributed by atoms with Gasteiger partial charge in [-0.3, -0.25) is 4.72 Å². The second kappa shape index (κ2) is 5.63. The van der Waals surface area contributed by atoms with E-state index in [2.05, 4.69) is 4.72 Å². The summed E-state index contributed by atoms with van der Waals surface area (Å²) in [5, 5.41) is 0. The molecule has 0 amide bonds. The largest absolute Gasteiger partial charge is 0.279 e. The number of hydrogen-bond donors (Lipinski definition) is 1. The molecular formula is C15H16FNO2S. The number of rotatable bonds is 4. The SMILES string of the molecule is CC(C)c1ccccc1NS(=O)(=O)c1ccc(F)cc1. The molecule has 0 saturated heterocycles. The van der Waals surface area contributed by atoms with Gasteiger partial charge in [0.2, 0.25) is 0 Å². The van der Waals surface area contributed by atoms with E-state index in [1.165, 1.54) is 12.1 Å². The molecular weight excluding hydrogens is 277 g/mol. The molecule has 0 aromatic heterocycles. The van der Waals surface area contributed by atoms with Crippen molar-refractivity contribution in [2.24, 2.45) is 0 Å². The second-order valence-corrected chi connectivity index (χ2v) is 6.48. The van der Waals surface area contributed by atoms with Crippen LogP contribution >= 0.6 is 0 Å². The third-order valence-electron chi connectivity index (χ3n) is 2.95. The van der Waals surface area contributed by atoms with Gasteiger partial charge in [-0.2, -0.15) is 0 Å². The van der Waals surface area contributed by atoms with Crippen molar-refractivity contribution >= 4 is 15.7 Å². The number of benzene rings is 2. The summed E-state index contributed by atoms with van der Waals surface area (Å²) < 4.78 is 39.9. The van der Waals surface area contributed by atoms with Crippen molar-refractivity contribution in [3.63, 3.8) is 0 Å². The number of anilines is 1. The average Bonchev–Trinajstić information content (AvgIpc) is 2.39. The molecule has 2 aromatic carbocycles. The van der Waals surface area contributed by atoms with E-state index in [0.29, 0.717) is 5.69 Å². The Bertz CT molecular complexity index is 694. The van der Waals surface area contributed by atoms with Crippen molar-refractivity contribution in [3.8, 4) is 0 Å². The molecule has 2 aromatic rings. The maximum absolute atomic E-state index is 12.9. The number of sulfonamides is 1. The van der Waals surface area contributed by atoms with E-state index in [9.17, 15) is 12.8 Å². The third kappa shape index (κ3) is 3.17. The molecule has 0 radical (unpaired) electrons. The molecule has 0 aliphatic rings. The molecule has 2 rings (SSSR count). The number of para-hydroxylation sites is 1. The van der Waals surface area contributed by atoms with Crippen molar-refractivity contribution in [2.45, 2.75) is 24.7 Å². The van der Waals surface area contributed by atoms with Gasteiger partial charge in [-0.15, -0.1) is 0 Å². The molecule has 0 heterocycles. The van der Waals surface area contributed by atoms with Crippen molar-refractivity contribution < 1.29 is 12.8 Å². The maximum Gasteiger partial charge on any atom is 0.261 e. The lowest BCUT2D eigenvalue weighted by atomic mass is 10.0. The van der Waals surface area contributed by atoms with E-state index >= 15 is 0 Å². The summed E-state index contributed by atoms with van der Waals surface area (Å²) >= 11 is 0. The Kier molecular flexibility index (Phi) is 4.09. The molecule has 0 unspecified atom stereocenters. The summed E-state index contributed by atoms with van der Waals surface area (Å²) in [6.07, 6.45) is 0. The third-order valence-corrected chi connectivity index (χ3v) is 4.33. The zero-order valence-corrected chi connectivity index (χ0v) is 12.1. The van der Waals surface area contributed by atoms with Crippen LogP contribution in [0.1, 0.15) is 25.3 Å². The van der Waals surface area contributed by atoms with Gasteiger partial charge in [0.05, 0.1) is 10.6 Å². The highest BCUT2D eigenvalue weighted by Gasteiger charge is 2.16. The molecule has 0 bridgehead atoms. The summed E-state index contributed by atoms with van der Waals surface area (Å²) in [6, 6.07) is 12.0. The van der Waals surface area contributed by atoms with Crippen molar-refractivity contribution in [3.05, 3.63) is 59.9 Å². The molecule has 5 heteroatoms. The fourth-order valence-electron chi connectivity index (χ4n) is 1.91. The van der Waals surface area contributed by atoms with Gasteiger partial charge in [0, 0.05) is 0 Å². The second-order valence-electron chi connectivity index (χ2n) is 4.80. The van der Waals surface area contributed by atoms with Crippen LogP contribution in [-0.2, 0) is 10.0 Å². The van der Waals surface area contributed by atoms with Gasteiger partial charge >= 0.3 is 0 Å². The van der Waals surface area contributed by atoms with Gasteiger partial charge in [-0.25, -0.2) is 12.8 Å². The minimum atomic E-state index is -3.70. The first-order chi connectivity index (χ1) is 9.40. The fraction of sp³-hybridized carbons (Fsp3) is 0.200. The van der Waals surface area contributed by atoms with E-state index in [4.69, 9.17) is 0 Å². The lowest BCUT2D eigenvalue weighted by Gasteiger charge is -2.14. The van der Waals surface area contributed by atoms with Crippen LogP contribution in [0.4, 0.5) is 10.1 Å². The standard InChI is InChI=1S/C15H16FNO2S/c1-11(2)14-5-3-4-6-15(14)17-20(18,19)13-9-7-12(16)8-10-13/h3-11,17H,1-2H3. The van der Waals surface area contributed by atoms with Crippen molar-refractivity contribution in [2.75, 3.05) is 4.72 Å². The topological polar surface area (TPSA) is 46.2 Å². The quantitative estimate of drug-likeness (QED) is 0.933. The summed E-state index contributed by atoms with van der Waals surface area (Å²) in [7, 11) is -3.70. The normalized spacial score (nSPS) is 11.6. The Labute approximate surface area is 118 Å². The van der Waals surface area contributed by atoms with Crippen LogP contribution in [0, 0.1) is 5.82 Å². The highest BCUT2D eigenvalue weighted by Crippen LogP contribution is 2.26. The van der Waals surface area contributed by atoms with Gasteiger partial charge in [0.1, 0.15) is 5.82 Å². The minimum Gasteiger partial charge on any atom is -0.279 e. The van der Waals surface area contributed by atoms with Crippen molar-refractivity contribution in [1.29, 1.82) is 0 Å². The van der Waals surface area contributed by atoms with Crippen LogP contribution in [0.25, 0.3) is 0 Å². The van der Waals surface area contributed by atoms with E-state index in [1.54, 1.807) is 12.1 Å². The Morgan fingerprint density at radius 3 is 2.20 bits per heavy atom. The van der Waals surface area contributed by atoms with E-state index in [1.807, 2.05) is 26.0 Å². The van der Waals surface area contributed by atoms with E-state index in [0.717, 1.165) is 17.7 Å². The highest BCUT2D eigenvalue weighted by atomic mass is 32.2. The molecule has 20 heavy (non-hydrogen) atoms. The first-order valence-electron chi connectivity index (χ1n) is 6.27. The lowest BCUT2D eigenvalue weighted by Crippen LogP contribution is -2.14. The molecule has 3 nitrogen and oxygen atoms in total. The molecule has 106 valence electrons. The first kappa shape index (κ1) is 14.5. The lowest BCUT2D eigenvalue weighted by molar-refractivity contribution is 0.599. The number of halogens is 1. The summed E-state index contributed by atoms with van der Waals surface area (Å²) in [6.45, 7) is 3.98. The highest BCUT2D eigenvalue weighted by molar-refractivity contribution is 7.92. The summed E-state index contributed by atoms with van der Waals surface area (Å²) in [5.41, 5.74) is 1.46. The van der Waals surface area contributed by atoms with Crippen LogP contribution < -0.4 is 4.72 Å². The summed E-state index contributed by atoms with van der Waals surface area (Å²) in [5.74, 6) is -0.270. The minimum absolute atomic E-state index is 0.0393. The predicted octanol–water partition coefficient (Wildman–Crippen LogP) is 3.75. The van der Waals surface area contributed by atoms with Crippen LogP contribution in [0.15, 0.2) is 53.4 Å². The molecule has 0 fully saturated rings. The Morgan fingerprint density at radius 2 is 1.60 bits per heavy atom. The monoisotopic (exact) mass is 293 g/mol.